The topological polar surface area (TPSA) is 106 Å². The van der Waals surface area contributed by atoms with Crippen molar-refractivity contribution >= 4 is 39.6 Å². The van der Waals surface area contributed by atoms with Gasteiger partial charge in [0.2, 0.25) is 5.88 Å². The molecule has 1 aromatic carbocycles. The van der Waals surface area contributed by atoms with E-state index in [0.29, 0.717) is 40.1 Å². The number of rotatable bonds is 3. The molecule has 2 bridgehead atoms. The first-order valence-corrected chi connectivity index (χ1v) is 10.9. The van der Waals surface area contributed by atoms with Gasteiger partial charge in [-0.15, -0.1) is 0 Å². The van der Waals surface area contributed by atoms with Gasteiger partial charge in [-0.1, -0.05) is 17.7 Å². The van der Waals surface area contributed by atoms with Crippen LogP contribution in [0.5, 0.6) is 5.88 Å². The Balaban J connectivity index is 1.42. The standard InChI is InChI=1S/C22H22ClN7O/c1-31-18-10-25-16-5-4-14(19(23)21(16)29-18)15-8-27-22-20(15)26-9-17(28-22)30-12-2-3-13(30)7-11(24)6-12/h4-5,8-13H,2-3,6-7,24H2,1H3,(H,27,28)/t11?,12-,13+. The zero-order valence-electron chi connectivity index (χ0n) is 17.0. The van der Waals surface area contributed by atoms with Gasteiger partial charge < -0.3 is 20.4 Å². The van der Waals surface area contributed by atoms with Crippen LogP contribution < -0.4 is 15.4 Å². The van der Waals surface area contributed by atoms with Crippen LogP contribution in [0, 0.1) is 0 Å². The SMILES string of the molecule is COc1cnc2ccc(-c3c[nH]c4nc(N5[C@@H]6CC[C@H]5CC(N)C6)cnc34)c(Cl)c2n1. The third kappa shape index (κ3) is 2.93. The van der Waals surface area contributed by atoms with Crippen LogP contribution in [-0.2, 0) is 0 Å². The fraction of sp³-hybridized carbons (Fsp3) is 0.364. The number of aromatic nitrogens is 5. The van der Waals surface area contributed by atoms with E-state index in [2.05, 4.69) is 19.9 Å². The molecule has 0 aliphatic carbocycles. The number of nitrogens with two attached hydrogens (primary N) is 1. The van der Waals surface area contributed by atoms with E-state index in [1.54, 1.807) is 13.3 Å². The van der Waals surface area contributed by atoms with Crippen molar-refractivity contribution in [2.75, 3.05) is 12.0 Å². The van der Waals surface area contributed by atoms with Crippen LogP contribution in [0.2, 0.25) is 5.02 Å². The lowest BCUT2D eigenvalue weighted by Gasteiger charge is -2.38. The highest BCUT2D eigenvalue weighted by Crippen LogP contribution is 2.40. The summed E-state index contributed by atoms with van der Waals surface area (Å²) < 4.78 is 5.20. The molecule has 2 saturated heterocycles. The van der Waals surface area contributed by atoms with Crippen molar-refractivity contribution in [1.29, 1.82) is 0 Å². The van der Waals surface area contributed by atoms with Crippen molar-refractivity contribution in [1.82, 2.24) is 24.9 Å². The fourth-order valence-electron chi connectivity index (χ4n) is 5.14. The quantitative estimate of drug-likeness (QED) is 0.505. The number of piperidine rings is 1. The monoisotopic (exact) mass is 435 g/mol. The molecule has 3 aromatic heterocycles. The lowest BCUT2D eigenvalue weighted by Crippen LogP contribution is -2.47. The van der Waals surface area contributed by atoms with E-state index in [1.165, 1.54) is 12.8 Å². The highest BCUT2D eigenvalue weighted by atomic mass is 35.5. The Hall–Kier alpha value is -2.97. The molecule has 3 atom stereocenters. The third-order valence-electron chi connectivity index (χ3n) is 6.53. The largest absolute Gasteiger partial charge is 0.480 e. The number of ether oxygens (including phenoxy) is 1. The molecular weight excluding hydrogens is 414 g/mol. The molecule has 2 aliphatic rings. The van der Waals surface area contributed by atoms with Gasteiger partial charge in [-0.2, -0.15) is 0 Å². The Morgan fingerprint density at radius 3 is 2.65 bits per heavy atom. The van der Waals surface area contributed by atoms with Crippen molar-refractivity contribution in [3.05, 3.63) is 35.7 Å². The minimum absolute atomic E-state index is 0.291. The van der Waals surface area contributed by atoms with Crippen LogP contribution >= 0.6 is 11.6 Å². The molecule has 0 radical (unpaired) electrons. The molecule has 9 heteroatoms. The van der Waals surface area contributed by atoms with Crippen LogP contribution in [0.15, 0.2) is 30.7 Å². The number of methoxy groups -OCH3 is 1. The van der Waals surface area contributed by atoms with Crippen molar-refractivity contribution < 1.29 is 4.74 Å². The number of anilines is 1. The van der Waals surface area contributed by atoms with Crippen LogP contribution in [0.1, 0.15) is 25.7 Å². The zero-order valence-corrected chi connectivity index (χ0v) is 17.8. The molecule has 2 aliphatic heterocycles. The summed E-state index contributed by atoms with van der Waals surface area (Å²) in [7, 11) is 1.56. The third-order valence-corrected chi connectivity index (χ3v) is 6.92. The maximum Gasteiger partial charge on any atom is 0.232 e. The first kappa shape index (κ1) is 18.8. The van der Waals surface area contributed by atoms with E-state index >= 15 is 0 Å². The van der Waals surface area contributed by atoms with Crippen molar-refractivity contribution in [2.24, 2.45) is 5.73 Å². The number of hydrogen-bond acceptors (Lipinski definition) is 7. The van der Waals surface area contributed by atoms with E-state index < -0.39 is 0 Å². The number of H-pyrrole nitrogens is 1. The van der Waals surface area contributed by atoms with Crippen molar-refractivity contribution in [3.63, 3.8) is 0 Å². The molecule has 158 valence electrons. The number of benzene rings is 1. The van der Waals surface area contributed by atoms with E-state index in [4.69, 9.17) is 32.0 Å². The maximum atomic E-state index is 6.74. The van der Waals surface area contributed by atoms with Gasteiger partial charge in [0.1, 0.15) is 16.9 Å². The normalized spacial score (nSPS) is 23.1. The average molecular weight is 436 g/mol. The summed E-state index contributed by atoms with van der Waals surface area (Å²) in [4.78, 5) is 24.2. The van der Waals surface area contributed by atoms with Gasteiger partial charge >= 0.3 is 0 Å². The summed E-state index contributed by atoms with van der Waals surface area (Å²) >= 11 is 6.74. The zero-order chi connectivity index (χ0) is 21.1. The number of nitrogens with one attached hydrogen (secondary N) is 1. The summed E-state index contributed by atoms with van der Waals surface area (Å²) in [6, 6.07) is 5.05. The minimum Gasteiger partial charge on any atom is -0.480 e. The van der Waals surface area contributed by atoms with Gasteiger partial charge in [0.05, 0.1) is 30.0 Å². The van der Waals surface area contributed by atoms with Crippen LogP contribution in [0.4, 0.5) is 5.82 Å². The molecule has 6 rings (SSSR count). The molecular formula is C22H22ClN7O. The predicted molar refractivity (Wildman–Crippen MR) is 120 cm³/mol. The maximum absolute atomic E-state index is 6.74. The van der Waals surface area contributed by atoms with E-state index in [0.717, 1.165) is 41.0 Å². The summed E-state index contributed by atoms with van der Waals surface area (Å²) in [5.41, 5.74) is 10.8. The fourth-order valence-corrected chi connectivity index (χ4v) is 5.45. The molecule has 8 nitrogen and oxygen atoms in total. The number of fused-ring (bicyclic) bond motifs is 4. The molecule has 0 amide bonds. The summed E-state index contributed by atoms with van der Waals surface area (Å²) in [6.07, 6.45) is 9.73. The van der Waals surface area contributed by atoms with Crippen molar-refractivity contribution in [3.8, 4) is 17.0 Å². The minimum atomic E-state index is 0.291. The van der Waals surface area contributed by atoms with Gasteiger partial charge in [0.15, 0.2) is 5.65 Å². The molecule has 3 N–H and O–H groups in total. The highest BCUT2D eigenvalue weighted by Gasteiger charge is 2.40. The smallest absolute Gasteiger partial charge is 0.232 e. The van der Waals surface area contributed by atoms with Crippen LogP contribution in [-0.4, -0.2) is 50.2 Å². The Morgan fingerprint density at radius 2 is 1.87 bits per heavy atom. The second-order valence-corrected chi connectivity index (χ2v) is 8.74. The van der Waals surface area contributed by atoms with Crippen LogP contribution in [0.3, 0.4) is 0 Å². The molecule has 2 fully saturated rings. The van der Waals surface area contributed by atoms with Gasteiger partial charge in [0, 0.05) is 35.4 Å². The first-order valence-electron chi connectivity index (χ1n) is 10.5. The molecule has 1 unspecified atom stereocenters. The average Bonchev–Trinajstić information content (AvgIpc) is 3.32. The van der Waals surface area contributed by atoms with Gasteiger partial charge in [-0.25, -0.2) is 19.9 Å². The molecule has 4 aromatic rings. The highest BCUT2D eigenvalue weighted by molar-refractivity contribution is 6.38. The number of halogens is 1. The van der Waals surface area contributed by atoms with Crippen LogP contribution in [0.25, 0.3) is 33.3 Å². The molecule has 0 spiro atoms. The Labute approximate surface area is 183 Å². The number of hydrogen-bond donors (Lipinski definition) is 2. The van der Waals surface area contributed by atoms with E-state index in [9.17, 15) is 0 Å². The van der Waals surface area contributed by atoms with Gasteiger partial charge in [0.25, 0.3) is 0 Å². The Kier molecular flexibility index (Phi) is 4.26. The predicted octanol–water partition coefficient (Wildman–Crippen LogP) is 3.69. The van der Waals surface area contributed by atoms with E-state index in [1.807, 2.05) is 24.5 Å². The number of aromatic amines is 1. The molecule has 0 saturated carbocycles. The molecule has 31 heavy (non-hydrogen) atoms. The lowest BCUT2D eigenvalue weighted by atomic mass is 9.98. The Morgan fingerprint density at radius 1 is 1.06 bits per heavy atom. The second kappa shape index (κ2) is 7.03. The molecule has 5 heterocycles. The summed E-state index contributed by atoms with van der Waals surface area (Å²) in [6.45, 7) is 0. The Bertz CT molecular complexity index is 1290. The summed E-state index contributed by atoms with van der Waals surface area (Å²) in [5, 5.41) is 0.513. The van der Waals surface area contributed by atoms with E-state index in [-0.39, 0.29) is 0 Å². The summed E-state index contributed by atoms with van der Waals surface area (Å²) in [5.74, 6) is 1.34. The van der Waals surface area contributed by atoms with Crippen molar-refractivity contribution in [2.45, 2.75) is 43.8 Å². The number of nitrogens with zero attached hydrogens (tertiary/aromatic N) is 5. The second-order valence-electron chi connectivity index (χ2n) is 8.36. The first-order chi connectivity index (χ1) is 15.1. The van der Waals surface area contributed by atoms with Gasteiger partial charge in [-0.05, 0) is 31.7 Å². The lowest BCUT2D eigenvalue weighted by molar-refractivity contribution is 0.397. The van der Waals surface area contributed by atoms with Gasteiger partial charge in [-0.3, -0.25) is 0 Å².